The van der Waals surface area contributed by atoms with Crippen LogP contribution in [0.1, 0.15) is 11.1 Å². The molecule has 108 valence electrons. The summed E-state index contributed by atoms with van der Waals surface area (Å²) >= 11 is 6.85. The Labute approximate surface area is 140 Å². The number of amides is 1. The van der Waals surface area contributed by atoms with E-state index in [1.807, 2.05) is 34.7 Å². The second-order valence-electron chi connectivity index (χ2n) is 4.41. The summed E-state index contributed by atoms with van der Waals surface area (Å²) in [5, 5.41) is 2.76. The molecule has 1 amide bonds. The van der Waals surface area contributed by atoms with E-state index in [1.54, 1.807) is 18.2 Å². The van der Waals surface area contributed by atoms with Crippen LogP contribution in [0.3, 0.4) is 0 Å². The molecule has 0 aliphatic carbocycles. The highest BCUT2D eigenvalue weighted by atomic mass is 127. The second kappa shape index (κ2) is 6.95. The SMILES string of the molecule is NC(=S)c1ccc(CC(=O)Nc2ccc(F)cc2I)cc1. The van der Waals surface area contributed by atoms with Crippen molar-refractivity contribution in [2.45, 2.75) is 6.42 Å². The van der Waals surface area contributed by atoms with Gasteiger partial charge in [-0.05, 0) is 46.4 Å². The van der Waals surface area contributed by atoms with Gasteiger partial charge in [0, 0.05) is 9.13 Å². The number of carbonyl (C=O) groups excluding carboxylic acids is 1. The highest BCUT2D eigenvalue weighted by Gasteiger charge is 2.08. The lowest BCUT2D eigenvalue weighted by Gasteiger charge is -2.08. The molecule has 21 heavy (non-hydrogen) atoms. The van der Waals surface area contributed by atoms with Crippen LogP contribution in [-0.4, -0.2) is 10.9 Å². The largest absolute Gasteiger partial charge is 0.389 e. The van der Waals surface area contributed by atoms with Crippen LogP contribution in [0.2, 0.25) is 0 Å². The topological polar surface area (TPSA) is 55.1 Å². The zero-order valence-electron chi connectivity index (χ0n) is 10.9. The maximum atomic E-state index is 13.0. The predicted molar refractivity (Wildman–Crippen MR) is 93.8 cm³/mol. The van der Waals surface area contributed by atoms with Crippen molar-refractivity contribution in [3.63, 3.8) is 0 Å². The molecule has 3 N–H and O–H groups in total. The average molecular weight is 414 g/mol. The van der Waals surface area contributed by atoms with E-state index in [-0.39, 0.29) is 18.1 Å². The molecule has 0 spiro atoms. The molecule has 0 aliphatic heterocycles. The van der Waals surface area contributed by atoms with Crippen LogP contribution in [0.5, 0.6) is 0 Å². The van der Waals surface area contributed by atoms with E-state index in [9.17, 15) is 9.18 Å². The molecule has 0 aromatic heterocycles. The molecule has 2 aromatic carbocycles. The van der Waals surface area contributed by atoms with Gasteiger partial charge in [-0.2, -0.15) is 0 Å². The van der Waals surface area contributed by atoms with Crippen LogP contribution in [-0.2, 0) is 11.2 Å². The van der Waals surface area contributed by atoms with E-state index >= 15 is 0 Å². The number of nitrogens with one attached hydrogen (secondary N) is 1. The monoisotopic (exact) mass is 414 g/mol. The fraction of sp³-hybridized carbons (Fsp3) is 0.0667. The summed E-state index contributed by atoms with van der Waals surface area (Å²) < 4.78 is 13.7. The van der Waals surface area contributed by atoms with Crippen molar-refractivity contribution in [1.82, 2.24) is 0 Å². The number of hydrogen-bond donors (Lipinski definition) is 2. The zero-order chi connectivity index (χ0) is 15.4. The Morgan fingerprint density at radius 2 is 1.90 bits per heavy atom. The molecule has 0 heterocycles. The molecule has 0 unspecified atom stereocenters. The summed E-state index contributed by atoms with van der Waals surface area (Å²) in [4.78, 5) is 12.3. The molecule has 0 saturated carbocycles. The number of rotatable bonds is 4. The third kappa shape index (κ3) is 4.47. The third-order valence-corrected chi connectivity index (χ3v) is 3.94. The Balaban J connectivity index is 2.02. The predicted octanol–water partition coefficient (Wildman–Crippen LogP) is 3.25. The van der Waals surface area contributed by atoms with Crippen molar-refractivity contribution >= 4 is 51.4 Å². The van der Waals surface area contributed by atoms with Crippen molar-refractivity contribution in [3.8, 4) is 0 Å². The smallest absolute Gasteiger partial charge is 0.228 e. The van der Waals surface area contributed by atoms with Crippen molar-refractivity contribution in [2.24, 2.45) is 5.73 Å². The third-order valence-electron chi connectivity index (χ3n) is 2.81. The van der Waals surface area contributed by atoms with Crippen LogP contribution in [0.15, 0.2) is 42.5 Å². The average Bonchev–Trinajstić information content (AvgIpc) is 2.42. The Hall–Kier alpha value is -1.54. The standard InChI is InChI=1S/C15H12FIN2OS/c16-11-5-6-13(12(17)8-11)19-14(20)7-9-1-3-10(4-2-9)15(18)21/h1-6,8H,7H2,(H2,18,21)(H,19,20). The Morgan fingerprint density at radius 3 is 2.48 bits per heavy atom. The highest BCUT2D eigenvalue weighted by Crippen LogP contribution is 2.19. The summed E-state index contributed by atoms with van der Waals surface area (Å²) in [7, 11) is 0. The fourth-order valence-corrected chi connectivity index (χ4v) is 2.51. The van der Waals surface area contributed by atoms with Crippen molar-refractivity contribution in [3.05, 3.63) is 63.0 Å². The van der Waals surface area contributed by atoms with Crippen LogP contribution in [0.25, 0.3) is 0 Å². The lowest BCUT2D eigenvalue weighted by molar-refractivity contribution is -0.115. The summed E-state index contributed by atoms with van der Waals surface area (Å²) in [6.45, 7) is 0. The van der Waals surface area contributed by atoms with Gasteiger partial charge in [0.15, 0.2) is 0 Å². The van der Waals surface area contributed by atoms with Gasteiger partial charge in [0.25, 0.3) is 0 Å². The molecule has 0 atom stereocenters. The summed E-state index contributed by atoms with van der Waals surface area (Å²) in [6, 6.07) is 11.4. The van der Waals surface area contributed by atoms with E-state index in [1.165, 1.54) is 12.1 Å². The molecule has 0 saturated heterocycles. The van der Waals surface area contributed by atoms with Gasteiger partial charge in [-0.3, -0.25) is 4.79 Å². The minimum Gasteiger partial charge on any atom is -0.389 e. The maximum Gasteiger partial charge on any atom is 0.228 e. The molecule has 0 aliphatic rings. The van der Waals surface area contributed by atoms with Crippen LogP contribution >= 0.6 is 34.8 Å². The zero-order valence-corrected chi connectivity index (χ0v) is 13.9. The summed E-state index contributed by atoms with van der Waals surface area (Å²) in [5.41, 5.74) is 7.73. The van der Waals surface area contributed by atoms with Crippen molar-refractivity contribution in [1.29, 1.82) is 0 Å². The van der Waals surface area contributed by atoms with Gasteiger partial charge in [-0.15, -0.1) is 0 Å². The first-order chi connectivity index (χ1) is 9.95. The van der Waals surface area contributed by atoms with Gasteiger partial charge in [0.1, 0.15) is 10.8 Å². The van der Waals surface area contributed by atoms with Gasteiger partial charge in [0.2, 0.25) is 5.91 Å². The second-order valence-corrected chi connectivity index (χ2v) is 6.01. The maximum absolute atomic E-state index is 13.0. The molecular weight excluding hydrogens is 402 g/mol. The van der Waals surface area contributed by atoms with Crippen LogP contribution in [0, 0.1) is 9.39 Å². The molecule has 6 heteroatoms. The highest BCUT2D eigenvalue weighted by molar-refractivity contribution is 14.1. The van der Waals surface area contributed by atoms with Crippen molar-refractivity contribution in [2.75, 3.05) is 5.32 Å². The number of halogens is 2. The molecule has 2 rings (SSSR count). The Bertz CT molecular complexity index is 689. The fourth-order valence-electron chi connectivity index (χ4n) is 1.76. The van der Waals surface area contributed by atoms with Gasteiger partial charge < -0.3 is 11.1 Å². The van der Waals surface area contributed by atoms with E-state index in [4.69, 9.17) is 18.0 Å². The Morgan fingerprint density at radius 1 is 1.24 bits per heavy atom. The summed E-state index contributed by atoms with van der Waals surface area (Å²) in [6.07, 6.45) is 0.227. The number of anilines is 1. The van der Waals surface area contributed by atoms with Gasteiger partial charge in [0.05, 0.1) is 12.1 Å². The first kappa shape index (κ1) is 15.8. The first-order valence-electron chi connectivity index (χ1n) is 6.09. The summed E-state index contributed by atoms with van der Waals surface area (Å²) in [5.74, 6) is -0.492. The van der Waals surface area contributed by atoms with Crippen molar-refractivity contribution < 1.29 is 9.18 Å². The van der Waals surface area contributed by atoms with E-state index < -0.39 is 0 Å². The molecule has 0 fully saturated rings. The molecular formula is C15H12FIN2OS. The molecule has 0 bridgehead atoms. The minimum absolute atomic E-state index is 0.164. The number of carbonyl (C=O) groups is 1. The first-order valence-corrected chi connectivity index (χ1v) is 7.58. The van der Waals surface area contributed by atoms with Crippen LogP contribution in [0.4, 0.5) is 10.1 Å². The van der Waals surface area contributed by atoms with E-state index in [2.05, 4.69) is 5.32 Å². The Kier molecular flexibility index (Phi) is 5.24. The number of nitrogens with two attached hydrogens (primary N) is 1. The molecule has 2 aromatic rings. The quantitative estimate of drug-likeness (QED) is 0.597. The van der Waals surface area contributed by atoms with E-state index in [0.29, 0.717) is 14.2 Å². The lowest BCUT2D eigenvalue weighted by Crippen LogP contribution is -2.15. The normalized spacial score (nSPS) is 10.2. The number of hydrogen-bond acceptors (Lipinski definition) is 2. The van der Waals surface area contributed by atoms with E-state index in [0.717, 1.165) is 11.1 Å². The van der Waals surface area contributed by atoms with Gasteiger partial charge in [-0.1, -0.05) is 36.5 Å². The van der Waals surface area contributed by atoms with Crippen LogP contribution < -0.4 is 11.1 Å². The number of benzene rings is 2. The lowest BCUT2D eigenvalue weighted by atomic mass is 10.1. The number of thiocarbonyl (C=S) groups is 1. The molecule has 0 radical (unpaired) electrons. The minimum atomic E-state index is -0.328. The van der Waals surface area contributed by atoms with Gasteiger partial charge in [-0.25, -0.2) is 4.39 Å². The van der Waals surface area contributed by atoms with Gasteiger partial charge >= 0.3 is 0 Å². The molecule has 3 nitrogen and oxygen atoms in total.